The van der Waals surface area contributed by atoms with Gasteiger partial charge in [-0.05, 0) is 17.2 Å². The molecule has 7 heteroatoms. The maximum Gasteiger partial charge on any atom is 0.452 e. The molecule has 1 aromatic carbocycles. The van der Waals surface area contributed by atoms with E-state index >= 15 is 0 Å². The van der Waals surface area contributed by atoms with E-state index in [-0.39, 0.29) is 24.5 Å². The summed E-state index contributed by atoms with van der Waals surface area (Å²) in [6.45, 7) is 0.575. The number of hydrogen-bond acceptors (Lipinski definition) is 3. The van der Waals surface area contributed by atoms with Crippen LogP contribution in [0, 0.1) is 0 Å². The molecule has 0 amide bonds. The smallest absolute Gasteiger partial charge is 0.351 e. The van der Waals surface area contributed by atoms with Crippen molar-refractivity contribution in [2.24, 2.45) is 0 Å². The van der Waals surface area contributed by atoms with Crippen LogP contribution in [0.1, 0.15) is 22.6 Å². The fraction of sp³-hybridized carbons (Fsp3) is 0.214. The lowest BCUT2D eigenvalue weighted by Crippen LogP contribution is -2.24. The molecule has 0 radical (unpaired) electrons. The second-order valence-electron chi connectivity index (χ2n) is 4.52. The summed E-state index contributed by atoms with van der Waals surface area (Å²) >= 11 is 0. The van der Waals surface area contributed by atoms with Crippen molar-refractivity contribution in [3.05, 3.63) is 52.9 Å². The van der Waals surface area contributed by atoms with Gasteiger partial charge in [0.2, 0.25) is 5.76 Å². The molecule has 1 aliphatic heterocycles. The van der Waals surface area contributed by atoms with Gasteiger partial charge in [-0.2, -0.15) is 13.2 Å². The van der Waals surface area contributed by atoms with Gasteiger partial charge in [-0.3, -0.25) is 0 Å². The molecular formula is C14H12ClF3N2O. The van der Waals surface area contributed by atoms with Crippen molar-refractivity contribution >= 4 is 24.1 Å². The van der Waals surface area contributed by atoms with Crippen LogP contribution in [0.2, 0.25) is 0 Å². The minimum atomic E-state index is -4.52. The zero-order chi connectivity index (χ0) is 14.2. The number of alkyl halides is 3. The number of hydrogen-bond donors (Lipinski definition) is 1. The fourth-order valence-corrected chi connectivity index (χ4v) is 2.22. The first-order valence-corrected chi connectivity index (χ1v) is 6.08. The van der Waals surface area contributed by atoms with Crippen LogP contribution >= 0.6 is 12.4 Å². The van der Waals surface area contributed by atoms with E-state index in [0.717, 1.165) is 5.56 Å². The largest absolute Gasteiger partial charge is 0.452 e. The Labute approximate surface area is 125 Å². The van der Waals surface area contributed by atoms with Gasteiger partial charge >= 0.3 is 6.18 Å². The van der Waals surface area contributed by atoms with Gasteiger partial charge in [0.25, 0.3) is 0 Å². The van der Waals surface area contributed by atoms with E-state index < -0.39 is 11.9 Å². The third-order valence-corrected chi connectivity index (χ3v) is 3.11. The maximum atomic E-state index is 12.8. The molecule has 0 fully saturated rings. The first-order chi connectivity index (χ1) is 9.55. The van der Waals surface area contributed by atoms with Crippen molar-refractivity contribution in [3.63, 3.8) is 0 Å². The number of rotatable bonds is 1. The molecule has 0 saturated heterocycles. The van der Waals surface area contributed by atoms with E-state index in [2.05, 4.69) is 15.0 Å². The zero-order valence-corrected chi connectivity index (χ0v) is 11.6. The average molecular weight is 317 g/mol. The van der Waals surface area contributed by atoms with Gasteiger partial charge in [-0.15, -0.1) is 12.4 Å². The summed E-state index contributed by atoms with van der Waals surface area (Å²) in [5, 5.41) is 6.54. The molecule has 0 unspecified atom stereocenters. The molecule has 0 bridgehead atoms. The Bertz CT molecular complexity index is 650. The Balaban J connectivity index is 0.00000161. The van der Waals surface area contributed by atoms with Crippen LogP contribution in [0.25, 0.3) is 11.6 Å². The van der Waals surface area contributed by atoms with Crippen molar-refractivity contribution in [2.75, 3.05) is 6.54 Å². The standard InChI is InChI=1S/C14H11F3N2O.ClH/c15-14(16,17)13-11-8-18-7-10(12(11)19-20-13)6-9-4-2-1-3-5-9;/h1-6,18H,7-8H2;1H. The Morgan fingerprint density at radius 3 is 2.52 bits per heavy atom. The van der Waals surface area contributed by atoms with Crippen molar-refractivity contribution in [2.45, 2.75) is 12.7 Å². The van der Waals surface area contributed by atoms with Gasteiger partial charge in [-0.25, -0.2) is 0 Å². The molecule has 0 spiro atoms. The average Bonchev–Trinajstić information content (AvgIpc) is 2.85. The van der Waals surface area contributed by atoms with Crippen LogP contribution in [-0.2, 0) is 12.7 Å². The molecule has 1 aliphatic rings. The summed E-state index contributed by atoms with van der Waals surface area (Å²) < 4.78 is 42.8. The molecule has 2 heterocycles. The van der Waals surface area contributed by atoms with Gasteiger partial charge in [0.15, 0.2) is 0 Å². The number of aromatic nitrogens is 1. The predicted octanol–water partition coefficient (Wildman–Crippen LogP) is 3.76. The number of benzene rings is 1. The monoisotopic (exact) mass is 316 g/mol. The minimum Gasteiger partial charge on any atom is -0.351 e. The van der Waals surface area contributed by atoms with Crippen LogP contribution in [0.4, 0.5) is 13.2 Å². The fourth-order valence-electron chi connectivity index (χ4n) is 2.22. The second kappa shape index (κ2) is 5.91. The van der Waals surface area contributed by atoms with Crippen LogP contribution < -0.4 is 5.32 Å². The number of nitrogens with one attached hydrogen (secondary N) is 1. The number of halogens is 4. The van der Waals surface area contributed by atoms with E-state index in [0.29, 0.717) is 17.8 Å². The Morgan fingerprint density at radius 2 is 1.86 bits per heavy atom. The lowest BCUT2D eigenvalue weighted by molar-refractivity contribution is -0.156. The zero-order valence-electron chi connectivity index (χ0n) is 10.8. The van der Waals surface area contributed by atoms with Crippen molar-refractivity contribution in [3.8, 4) is 0 Å². The molecule has 2 aromatic rings. The lowest BCUT2D eigenvalue weighted by atomic mass is 10.00. The molecular weight excluding hydrogens is 305 g/mol. The normalized spacial score (nSPS) is 16.4. The van der Waals surface area contributed by atoms with Crippen LogP contribution in [0.3, 0.4) is 0 Å². The first kappa shape index (κ1) is 15.6. The molecule has 1 N–H and O–H groups in total. The van der Waals surface area contributed by atoms with Gasteiger partial charge < -0.3 is 9.84 Å². The van der Waals surface area contributed by atoms with E-state index in [9.17, 15) is 13.2 Å². The van der Waals surface area contributed by atoms with Crippen LogP contribution in [-0.4, -0.2) is 11.7 Å². The van der Waals surface area contributed by atoms with E-state index in [1.165, 1.54) is 0 Å². The molecule has 21 heavy (non-hydrogen) atoms. The highest BCUT2D eigenvalue weighted by molar-refractivity contribution is 5.85. The quantitative estimate of drug-likeness (QED) is 0.870. The second-order valence-corrected chi connectivity index (χ2v) is 4.52. The molecule has 112 valence electrons. The van der Waals surface area contributed by atoms with Crippen molar-refractivity contribution in [1.29, 1.82) is 0 Å². The highest BCUT2D eigenvalue weighted by atomic mass is 35.5. The Kier molecular flexibility index (Phi) is 4.39. The molecule has 0 atom stereocenters. The van der Waals surface area contributed by atoms with E-state index in [1.54, 1.807) is 0 Å². The summed E-state index contributed by atoms with van der Waals surface area (Å²) in [7, 11) is 0. The van der Waals surface area contributed by atoms with Crippen molar-refractivity contribution in [1.82, 2.24) is 10.5 Å². The summed E-state index contributed by atoms with van der Waals surface area (Å²) in [5.41, 5.74) is 1.97. The first-order valence-electron chi connectivity index (χ1n) is 6.08. The highest BCUT2D eigenvalue weighted by Gasteiger charge is 2.41. The molecule has 0 aliphatic carbocycles. The summed E-state index contributed by atoms with van der Waals surface area (Å²) in [6, 6.07) is 9.38. The molecule has 1 aromatic heterocycles. The van der Waals surface area contributed by atoms with Gasteiger partial charge in [-0.1, -0.05) is 35.5 Å². The Morgan fingerprint density at radius 1 is 1.14 bits per heavy atom. The predicted molar refractivity (Wildman–Crippen MR) is 74.8 cm³/mol. The topological polar surface area (TPSA) is 38.1 Å². The highest BCUT2D eigenvalue weighted by Crippen LogP contribution is 2.36. The SMILES string of the molecule is Cl.FC(F)(F)c1onc2c1CNCC2=Cc1ccccc1. The van der Waals surface area contributed by atoms with Gasteiger partial charge in [0.05, 0.1) is 0 Å². The van der Waals surface area contributed by atoms with Gasteiger partial charge in [0, 0.05) is 18.7 Å². The minimum absolute atomic E-state index is 0. The molecule has 0 saturated carbocycles. The third kappa shape index (κ3) is 3.11. The number of fused-ring (bicyclic) bond motifs is 1. The Hall–Kier alpha value is -1.79. The van der Waals surface area contributed by atoms with Crippen LogP contribution in [0.5, 0.6) is 0 Å². The summed E-state index contributed by atoms with van der Waals surface area (Å²) in [6.07, 6.45) is -2.70. The van der Waals surface area contributed by atoms with E-state index in [1.807, 2.05) is 36.4 Å². The molecule has 3 nitrogen and oxygen atoms in total. The number of nitrogens with zero attached hydrogens (tertiary/aromatic N) is 1. The summed E-state index contributed by atoms with van der Waals surface area (Å²) in [5.74, 6) is -1.02. The third-order valence-electron chi connectivity index (χ3n) is 3.11. The van der Waals surface area contributed by atoms with Crippen molar-refractivity contribution < 1.29 is 17.7 Å². The maximum absolute atomic E-state index is 12.8. The van der Waals surface area contributed by atoms with Crippen LogP contribution in [0.15, 0.2) is 34.9 Å². The van der Waals surface area contributed by atoms with Gasteiger partial charge in [0.1, 0.15) is 5.69 Å². The summed E-state index contributed by atoms with van der Waals surface area (Å²) in [4.78, 5) is 0. The lowest BCUT2D eigenvalue weighted by Gasteiger charge is -2.15. The van der Waals surface area contributed by atoms with E-state index in [4.69, 9.17) is 0 Å². The molecule has 3 rings (SSSR count).